The summed E-state index contributed by atoms with van der Waals surface area (Å²) in [5.74, 6) is -0.668. The van der Waals surface area contributed by atoms with E-state index in [2.05, 4.69) is 30.9 Å². The molecule has 0 heterocycles. The number of hydrogen-bond acceptors (Lipinski definition) is 1. The Hall–Kier alpha value is -1.31. The Balaban J connectivity index is 3.17. The van der Waals surface area contributed by atoms with Gasteiger partial charge in [-0.3, -0.25) is 4.79 Å². The van der Waals surface area contributed by atoms with Crippen LogP contribution in [-0.4, -0.2) is 11.1 Å². The van der Waals surface area contributed by atoms with Crippen molar-refractivity contribution in [1.82, 2.24) is 0 Å². The molecule has 0 aromatic carbocycles. The molecular weight excluding hydrogens is 272 g/mol. The molecule has 0 saturated heterocycles. The van der Waals surface area contributed by atoms with E-state index < -0.39 is 5.97 Å². The number of aliphatic carboxylic acids is 1. The van der Waals surface area contributed by atoms with Crippen LogP contribution in [0.1, 0.15) is 83.5 Å². The summed E-state index contributed by atoms with van der Waals surface area (Å²) < 4.78 is 0. The number of allylic oxidation sites excluding steroid dienone is 5. The largest absolute Gasteiger partial charge is 0.481 e. The van der Waals surface area contributed by atoms with Gasteiger partial charge in [0.2, 0.25) is 0 Å². The van der Waals surface area contributed by atoms with Crippen LogP contribution < -0.4 is 0 Å². The van der Waals surface area contributed by atoms with Crippen LogP contribution in [0, 0.1) is 0 Å². The van der Waals surface area contributed by atoms with E-state index in [0.29, 0.717) is 6.42 Å². The molecule has 0 rings (SSSR count). The van der Waals surface area contributed by atoms with Crippen molar-refractivity contribution in [3.8, 4) is 0 Å². The standard InChI is InChI=1S/C20H34O2/c1-2-3-4-5-6-7-8-9-10-11-12-13-14-15-16-17-18-19-20(21)22/h2,6-7,9-10H,1,3-5,8,11-19H2,(H,21,22). The molecule has 2 nitrogen and oxygen atoms in total. The lowest BCUT2D eigenvalue weighted by atomic mass is 10.1. The third-order valence-corrected chi connectivity index (χ3v) is 3.65. The first kappa shape index (κ1) is 20.7. The van der Waals surface area contributed by atoms with Crippen LogP contribution in [0.4, 0.5) is 0 Å². The number of unbranched alkanes of at least 4 members (excludes halogenated alkanes) is 9. The van der Waals surface area contributed by atoms with Gasteiger partial charge in [0.1, 0.15) is 0 Å². The molecule has 1 N–H and O–H groups in total. The summed E-state index contributed by atoms with van der Waals surface area (Å²) >= 11 is 0. The van der Waals surface area contributed by atoms with E-state index in [9.17, 15) is 4.79 Å². The summed E-state index contributed by atoms with van der Waals surface area (Å²) in [4.78, 5) is 10.3. The van der Waals surface area contributed by atoms with Gasteiger partial charge < -0.3 is 5.11 Å². The van der Waals surface area contributed by atoms with E-state index in [1.165, 1.54) is 44.9 Å². The van der Waals surface area contributed by atoms with Crippen molar-refractivity contribution in [3.05, 3.63) is 37.0 Å². The highest BCUT2D eigenvalue weighted by Crippen LogP contribution is 2.10. The van der Waals surface area contributed by atoms with Gasteiger partial charge in [0.15, 0.2) is 0 Å². The molecule has 0 aliphatic heterocycles. The number of carbonyl (C=O) groups is 1. The minimum Gasteiger partial charge on any atom is -0.481 e. The molecule has 0 spiro atoms. The topological polar surface area (TPSA) is 37.3 Å². The molecule has 126 valence electrons. The van der Waals surface area contributed by atoms with E-state index in [4.69, 9.17) is 5.11 Å². The molecule has 22 heavy (non-hydrogen) atoms. The highest BCUT2D eigenvalue weighted by molar-refractivity contribution is 5.66. The van der Waals surface area contributed by atoms with Crippen LogP contribution >= 0.6 is 0 Å². The zero-order valence-corrected chi connectivity index (χ0v) is 14.1. The summed E-state index contributed by atoms with van der Waals surface area (Å²) in [6.45, 7) is 3.72. The summed E-state index contributed by atoms with van der Waals surface area (Å²) in [6.07, 6.45) is 25.2. The fraction of sp³-hybridized carbons (Fsp3) is 0.650. The Morgan fingerprint density at radius 3 is 1.86 bits per heavy atom. The first-order valence-electron chi connectivity index (χ1n) is 8.90. The predicted molar refractivity (Wildman–Crippen MR) is 96.1 cm³/mol. The number of carboxylic acid groups (broad SMARTS) is 1. The normalized spacial score (nSPS) is 11.5. The Labute approximate surface area is 137 Å². The van der Waals surface area contributed by atoms with Crippen LogP contribution in [0.2, 0.25) is 0 Å². The molecule has 0 aliphatic carbocycles. The quantitative estimate of drug-likeness (QED) is 0.263. The third kappa shape index (κ3) is 18.7. The van der Waals surface area contributed by atoms with Crippen LogP contribution in [-0.2, 0) is 4.79 Å². The molecule has 0 unspecified atom stereocenters. The molecule has 2 heteroatoms. The first-order valence-corrected chi connectivity index (χ1v) is 8.90. The maximum Gasteiger partial charge on any atom is 0.303 e. The maximum atomic E-state index is 10.3. The Morgan fingerprint density at radius 1 is 0.727 bits per heavy atom. The van der Waals surface area contributed by atoms with Gasteiger partial charge in [0.05, 0.1) is 0 Å². The van der Waals surface area contributed by atoms with Gasteiger partial charge in [-0.15, -0.1) is 6.58 Å². The number of rotatable bonds is 16. The smallest absolute Gasteiger partial charge is 0.303 e. The number of carboxylic acids is 1. The lowest BCUT2D eigenvalue weighted by Crippen LogP contribution is -1.93. The van der Waals surface area contributed by atoms with Gasteiger partial charge in [-0.2, -0.15) is 0 Å². The van der Waals surface area contributed by atoms with Gasteiger partial charge in [-0.1, -0.05) is 62.5 Å². The maximum absolute atomic E-state index is 10.3. The molecule has 0 aliphatic rings. The van der Waals surface area contributed by atoms with E-state index in [0.717, 1.165) is 32.1 Å². The second kappa shape index (κ2) is 17.7. The van der Waals surface area contributed by atoms with Crippen molar-refractivity contribution in [2.24, 2.45) is 0 Å². The van der Waals surface area contributed by atoms with Crippen molar-refractivity contribution in [3.63, 3.8) is 0 Å². The molecule has 0 bridgehead atoms. The molecule has 0 aromatic heterocycles. The second-order valence-corrected chi connectivity index (χ2v) is 5.81. The molecule has 0 amide bonds. The average molecular weight is 306 g/mol. The van der Waals surface area contributed by atoms with Gasteiger partial charge in [0, 0.05) is 6.42 Å². The summed E-state index contributed by atoms with van der Waals surface area (Å²) in [5.41, 5.74) is 0. The molecule has 0 radical (unpaired) electrons. The Kier molecular flexibility index (Phi) is 16.7. The van der Waals surface area contributed by atoms with Crippen LogP contribution in [0.5, 0.6) is 0 Å². The Bertz CT molecular complexity index is 316. The third-order valence-electron chi connectivity index (χ3n) is 3.65. The monoisotopic (exact) mass is 306 g/mol. The zero-order chi connectivity index (χ0) is 16.3. The fourth-order valence-corrected chi connectivity index (χ4v) is 2.31. The highest BCUT2D eigenvalue weighted by atomic mass is 16.4. The lowest BCUT2D eigenvalue weighted by Gasteiger charge is -2.00. The van der Waals surface area contributed by atoms with E-state index in [1.54, 1.807) is 0 Å². The molecule has 0 saturated carbocycles. The Morgan fingerprint density at radius 2 is 1.27 bits per heavy atom. The fourth-order valence-electron chi connectivity index (χ4n) is 2.31. The van der Waals surface area contributed by atoms with Crippen molar-refractivity contribution in [2.75, 3.05) is 0 Å². The molecular formula is C20H34O2. The second-order valence-electron chi connectivity index (χ2n) is 5.81. The zero-order valence-electron chi connectivity index (χ0n) is 14.1. The van der Waals surface area contributed by atoms with Crippen molar-refractivity contribution < 1.29 is 9.90 Å². The van der Waals surface area contributed by atoms with Crippen LogP contribution in [0.25, 0.3) is 0 Å². The average Bonchev–Trinajstić information content (AvgIpc) is 2.50. The van der Waals surface area contributed by atoms with Crippen molar-refractivity contribution >= 4 is 5.97 Å². The van der Waals surface area contributed by atoms with Crippen LogP contribution in [0.15, 0.2) is 37.0 Å². The van der Waals surface area contributed by atoms with Gasteiger partial charge in [-0.05, 0) is 44.9 Å². The SMILES string of the molecule is C=CCCCC=CCC=CCCCCCCCCCC(=O)O. The minimum absolute atomic E-state index is 0.327. The first-order chi connectivity index (χ1) is 10.8. The predicted octanol–water partition coefficient (Wildman–Crippen LogP) is 6.44. The molecule has 0 aromatic rings. The van der Waals surface area contributed by atoms with E-state index in [1.807, 2.05) is 6.08 Å². The van der Waals surface area contributed by atoms with Gasteiger partial charge >= 0.3 is 5.97 Å². The number of hydrogen-bond donors (Lipinski definition) is 1. The minimum atomic E-state index is -0.668. The van der Waals surface area contributed by atoms with Crippen LogP contribution in [0.3, 0.4) is 0 Å². The summed E-state index contributed by atoms with van der Waals surface area (Å²) in [5, 5.41) is 8.52. The summed E-state index contributed by atoms with van der Waals surface area (Å²) in [6, 6.07) is 0. The van der Waals surface area contributed by atoms with Gasteiger partial charge in [0.25, 0.3) is 0 Å². The molecule has 0 atom stereocenters. The van der Waals surface area contributed by atoms with Crippen molar-refractivity contribution in [1.29, 1.82) is 0 Å². The van der Waals surface area contributed by atoms with Crippen molar-refractivity contribution in [2.45, 2.75) is 83.5 Å². The van der Waals surface area contributed by atoms with E-state index >= 15 is 0 Å². The molecule has 0 fully saturated rings. The highest BCUT2D eigenvalue weighted by Gasteiger charge is 1.96. The lowest BCUT2D eigenvalue weighted by molar-refractivity contribution is -0.137. The van der Waals surface area contributed by atoms with Gasteiger partial charge in [-0.25, -0.2) is 0 Å². The van der Waals surface area contributed by atoms with E-state index in [-0.39, 0.29) is 0 Å². The summed E-state index contributed by atoms with van der Waals surface area (Å²) in [7, 11) is 0.